The molecule has 0 bridgehead atoms. The molecule has 2 amide bonds. The molecule has 0 saturated carbocycles. The highest BCUT2D eigenvalue weighted by atomic mass is 79.9. The van der Waals surface area contributed by atoms with Crippen LogP contribution in [-0.2, 0) is 9.59 Å². The van der Waals surface area contributed by atoms with Gasteiger partial charge >= 0.3 is 0 Å². The van der Waals surface area contributed by atoms with E-state index in [1.54, 1.807) is 11.9 Å². The van der Waals surface area contributed by atoms with E-state index in [0.717, 1.165) is 15.1 Å². The molecule has 0 aliphatic heterocycles. The number of halogens is 1. The molecule has 0 saturated heterocycles. The second-order valence-corrected chi connectivity index (χ2v) is 7.07. The minimum absolute atomic E-state index is 0.00995. The second kappa shape index (κ2) is 10.3. The maximum atomic E-state index is 12.2. The lowest BCUT2D eigenvalue weighted by molar-refractivity contribution is -0.863. The van der Waals surface area contributed by atoms with Gasteiger partial charge in [0.05, 0.1) is 13.6 Å². The minimum Gasteiger partial charge on any atom is -0.492 e. The summed E-state index contributed by atoms with van der Waals surface area (Å²) in [6, 6.07) is 7.67. The molecular weight excluding hydrogens is 374 g/mol. The topological polar surface area (TPSA) is 63.1 Å². The van der Waals surface area contributed by atoms with Crippen LogP contribution in [0.2, 0.25) is 0 Å². The van der Waals surface area contributed by atoms with Crippen molar-refractivity contribution in [1.29, 1.82) is 0 Å². The first-order valence-corrected chi connectivity index (χ1v) is 8.80. The number of likely N-dealkylation sites (N-methyl/N-ethyl adjacent to an activating group) is 2. The van der Waals surface area contributed by atoms with Crippen molar-refractivity contribution in [1.82, 2.24) is 10.2 Å². The van der Waals surface area contributed by atoms with E-state index in [1.807, 2.05) is 45.2 Å². The number of benzene rings is 1. The van der Waals surface area contributed by atoms with Crippen LogP contribution in [0.4, 0.5) is 0 Å². The highest BCUT2D eigenvalue weighted by Crippen LogP contribution is 2.15. The average Bonchev–Trinajstić information content (AvgIpc) is 2.47. The Bertz CT molecular complexity index is 534. The lowest BCUT2D eigenvalue weighted by Gasteiger charge is -2.20. The summed E-state index contributed by atoms with van der Waals surface area (Å²) < 4.78 is 6.60. The maximum Gasteiger partial charge on any atom is 0.277 e. The van der Waals surface area contributed by atoms with Crippen molar-refractivity contribution < 1.29 is 19.2 Å². The first-order chi connectivity index (χ1) is 11.3. The van der Waals surface area contributed by atoms with E-state index in [1.165, 1.54) is 0 Å². The summed E-state index contributed by atoms with van der Waals surface area (Å²) in [5.74, 6) is 0.716. The first-order valence-electron chi connectivity index (χ1n) is 8.01. The summed E-state index contributed by atoms with van der Waals surface area (Å²) in [7, 11) is 3.58. The molecule has 1 unspecified atom stereocenters. The van der Waals surface area contributed by atoms with Gasteiger partial charge in [-0.3, -0.25) is 9.59 Å². The third-order valence-electron chi connectivity index (χ3n) is 3.30. The molecule has 1 aromatic carbocycles. The molecule has 0 aromatic heterocycles. The molecule has 0 spiro atoms. The van der Waals surface area contributed by atoms with E-state index in [2.05, 4.69) is 21.2 Å². The number of nitrogens with one attached hydrogen (secondary N) is 2. The van der Waals surface area contributed by atoms with Crippen LogP contribution in [0.25, 0.3) is 0 Å². The van der Waals surface area contributed by atoms with Crippen molar-refractivity contribution >= 4 is 27.7 Å². The van der Waals surface area contributed by atoms with Crippen molar-refractivity contribution in [3.63, 3.8) is 0 Å². The zero-order valence-electron chi connectivity index (χ0n) is 14.8. The highest BCUT2D eigenvalue weighted by molar-refractivity contribution is 9.10. The number of quaternary nitrogens is 1. The van der Waals surface area contributed by atoms with Crippen LogP contribution in [-0.4, -0.2) is 63.1 Å². The number of nitrogens with zero attached hydrogens (tertiary/aromatic N) is 1. The molecule has 0 radical (unpaired) electrons. The third-order valence-corrected chi connectivity index (χ3v) is 3.83. The Kier molecular flexibility index (Phi) is 8.78. The quantitative estimate of drug-likeness (QED) is 0.627. The number of ether oxygens (including phenoxy) is 1. The van der Waals surface area contributed by atoms with Gasteiger partial charge in [-0.2, -0.15) is 0 Å². The predicted octanol–water partition coefficient (Wildman–Crippen LogP) is 0.326. The Balaban J connectivity index is 2.28. The van der Waals surface area contributed by atoms with Gasteiger partial charge < -0.3 is 19.9 Å². The van der Waals surface area contributed by atoms with Crippen molar-refractivity contribution in [3.8, 4) is 5.75 Å². The van der Waals surface area contributed by atoms with Crippen LogP contribution in [0.5, 0.6) is 5.75 Å². The van der Waals surface area contributed by atoms with Gasteiger partial charge in [0, 0.05) is 17.6 Å². The lowest BCUT2D eigenvalue weighted by Crippen LogP contribution is -3.11. The molecule has 0 aliphatic rings. The highest BCUT2D eigenvalue weighted by Gasteiger charge is 2.17. The summed E-state index contributed by atoms with van der Waals surface area (Å²) in [6.07, 6.45) is 0. The van der Waals surface area contributed by atoms with Crippen LogP contribution < -0.4 is 15.0 Å². The van der Waals surface area contributed by atoms with Gasteiger partial charge in [-0.25, -0.2) is 0 Å². The molecule has 0 fully saturated rings. The van der Waals surface area contributed by atoms with Gasteiger partial charge in [0.25, 0.3) is 11.8 Å². The molecule has 6 nitrogen and oxygen atoms in total. The van der Waals surface area contributed by atoms with Crippen LogP contribution in [0, 0.1) is 0 Å². The predicted molar refractivity (Wildman–Crippen MR) is 97.2 cm³/mol. The Morgan fingerprint density at radius 3 is 2.46 bits per heavy atom. The van der Waals surface area contributed by atoms with Crippen LogP contribution in [0.3, 0.4) is 0 Å². The molecular formula is C17H27BrN3O3+. The van der Waals surface area contributed by atoms with Gasteiger partial charge in [-0.05, 0) is 38.1 Å². The molecule has 0 aliphatic carbocycles. The van der Waals surface area contributed by atoms with Gasteiger partial charge in [0.15, 0.2) is 13.1 Å². The number of carbonyl (C=O) groups is 2. The van der Waals surface area contributed by atoms with Gasteiger partial charge in [-0.15, -0.1) is 0 Å². The molecule has 134 valence electrons. The van der Waals surface area contributed by atoms with E-state index >= 15 is 0 Å². The number of amides is 2. The van der Waals surface area contributed by atoms with E-state index < -0.39 is 0 Å². The van der Waals surface area contributed by atoms with Crippen LogP contribution in [0.1, 0.15) is 13.8 Å². The molecule has 0 heterocycles. The summed E-state index contributed by atoms with van der Waals surface area (Å²) in [5, 5.41) is 2.82. The molecule has 7 heteroatoms. The van der Waals surface area contributed by atoms with Gasteiger partial charge in [-0.1, -0.05) is 15.9 Å². The fourth-order valence-corrected chi connectivity index (χ4v) is 2.32. The smallest absolute Gasteiger partial charge is 0.277 e. The fourth-order valence-electron chi connectivity index (χ4n) is 2.06. The molecule has 2 N–H and O–H groups in total. The zero-order valence-corrected chi connectivity index (χ0v) is 16.4. The van der Waals surface area contributed by atoms with E-state index in [-0.39, 0.29) is 30.9 Å². The fraction of sp³-hybridized carbons (Fsp3) is 0.529. The van der Waals surface area contributed by atoms with Crippen molar-refractivity contribution in [2.24, 2.45) is 0 Å². The second-order valence-electron chi connectivity index (χ2n) is 6.15. The Morgan fingerprint density at radius 1 is 1.25 bits per heavy atom. The monoisotopic (exact) mass is 400 g/mol. The van der Waals surface area contributed by atoms with E-state index in [9.17, 15) is 9.59 Å². The van der Waals surface area contributed by atoms with Gasteiger partial charge in [0.2, 0.25) is 0 Å². The van der Waals surface area contributed by atoms with Crippen molar-refractivity contribution in [2.45, 2.75) is 19.9 Å². The Hall–Kier alpha value is -1.60. The largest absolute Gasteiger partial charge is 0.492 e. The molecule has 1 aromatic rings. The van der Waals surface area contributed by atoms with Crippen molar-refractivity contribution in [2.75, 3.05) is 40.3 Å². The molecule has 24 heavy (non-hydrogen) atoms. The zero-order chi connectivity index (χ0) is 18.1. The van der Waals surface area contributed by atoms with E-state index in [4.69, 9.17) is 4.74 Å². The summed E-state index contributed by atoms with van der Waals surface area (Å²) in [5.41, 5.74) is 0. The van der Waals surface area contributed by atoms with Crippen molar-refractivity contribution in [3.05, 3.63) is 28.7 Å². The average molecular weight is 401 g/mol. The standard InChI is InChI=1S/C17H26BrN3O3/c1-13(2)19-16(22)11-20(3)12-17(23)21(4)9-10-24-15-7-5-14(18)6-8-15/h5-8,13H,9-12H2,1-4H3,(H,19,22)/p+1. The summed E-state index contributed by atoms with van der Waals surface area (Å²) in [4.78, 5) is 26.3. The van der Waals surface area contributed by atoms with E-state index in [0.29, 0.717) is 13.2 Å². The molecule has 1 rings (SSSR count). The number of rotatable bonds is 9. The number of hydrogen-bond donors (Lipinski definition) is 2. The number of carbonyl (C=O) groups excluding carboxylic acids is 2. The Morgan fingerprint density at radius 2 is 1.88 bits per heavy atom. The van der Waals surface area contributed by atoms with Crippen LogP contribution in [0.15, 0.2) is 28.7 Å². The summed E-state index contributed by atoms with van der Waals surface area (Å²) >= 11 is 3.37. The summed E-state index contributed by atoms with van der Waals surface area (Å²) in [6.45, 7) is 5.32. The first kappa shape index (κ1) is 20.4. The molecule has 1 atom stereocenters. The minimum atomic E-state index is -0.0449. The lowest BCUT2D eigenvalue weighted by atomic mass is 10.3. The number of hydrogen-bond acceptors (Lipinski definition) is 3. The maximum absolute atomic E-state index is 12.2. The van der Waals surface area contributed by atoms with Gasteiger partial charge in [0.1, 0.15) is 12.4 Å². The third kappa shape index (κ3) is 8.31. The normalized spacial score (nSPS) is 11.9. The van der Waals surface area contributed by atoms with Crippen LogP contribution >= 0.6 is 15.9 Å². The SMILES string of the molecule is CC(C)NC(=O)C[NH+](C)CC(=O)N(C)CCOc1ccc(Br)cc1. The Labute approximate surface area is 152 Å².